The first-order valence-corrected chi connectivity index (χ1v) is 13.3. The average Bonchev–Trinajstić information content (AvgIpc) is 3.04. The number of hydrogen-bond acceptors (Lipinski definition) is 9. The Balaban J connectivity index is 1.38. The fourth-order valence-corrected chi connectivity index (χ4v) is 9.46. The lowest BCUT2D eigenvalue weighted by atomic mass is 9.41. The average molecular weight is 499 g/mol. The first-order valence-electron chi connectivity index (χ1n) is 13.3. The van der Waals surface area contributed by atoms with Gasteiger partial charge < -0.3 is 40.1 Å². The van der Waals surface area contributed by atoms with Crippen molar-refractivity contribution < 1.29 is 44.9 Å². The van der Waals surface area contributed by atoms with Crippen molar-refractivity contribution in [1.82, 2.24) is 0 Å². The van der Waals surface area contributed by atoms with Crippen molar-refractivity contribution in [2.24, 2.45) is 34.0 Å². The minimum absolute atomic E-state index is 0.00886. The maximum Gasteiger partial charge on any atom is 0.314 e. The number of ether oxygens (including phenoxy) is 2. The van der Waals surface area contributed by atoms with Gasteiger partial charge in [0.2, 0.25) is 6.29 Å². The maximum absolute atomic E-state index is 13.7. The van der Waals surface area contributed by atoms with Crippen LogP contribution in [0.1, 0.15) is 71.6 Å². The Bertz CT molecular complexity index is 836. The number of hydrogen-bond donors (Lipinski definition) is 6. The smallest absolute Gasteiger partial charge is 0.314 e. The van der Waals surface area contributed by atoms with Crippen LogP contribution in [-0.2, 0) is 14.3 Å². The van der Waals surface area contributed by atoms with Crippen molar-refractivity contribution in [3.05, 3.63) is 0 Å². The predicted molar refractivity (Wildman–Crippen MR) is 123 cm³/mol. The number of carbonyl (C=O) groups excluding carboxylic acids is 1. The molecule has 0 aromatic heterocycles. The second-order valence-electron chi connectivity index (χ2n) is 12.8. The van der Waals surface area contributed by atoms with Crippen molar-refractivity contribution in [2.45, 2.75) is 108 Å². The third-order valence-electron chi connectivity index (χ3n) is 11.1. The Labute approximate surface area is 206 Å². The lowest BCUT2D eigenvalue weighted by Crippen LogP contribution is -2.61. The maximum atomic E-state index is 13.7. The molecule has 5 fully saturated rings. The number of esters is 1. The Hall–Kier alpha value is -0.810. The van der Waals surface area contributed by atoms with Crippen LogP contribution in [0.15, 0.2) is 0 Å². The summed E-state index contributed by atoms with van der Waals surface area (Å²) in [4.78, 5) is 13.7. The highest BCUT2D eigenvalue weighted by Crippen LogP contribution is 2.73. The van der Waals surface area contributed by atoms with E-state index in [1.165, 1.54) is 0 Å². The second-order valence-corrected chi connectivity index (χ2v) is 12.8. The molecule has 1 heterocycles. The van der Waals surface area contributed by atoms with Gasteiger partial charge in [0, 0.05) is 0 Å². The lowest BCUT2D eigenvalue weighted by Gasteiger charge is -2.63. The van der Waals surface area contributed by atoms with E-state index >= 15 is 0 Å². The summed E-state index contributed by atoms with van der Waals surface area (Å²) in [7, 11) is 0. The Morgan fingerprint density at radius 2 is 1.71 bits per heavy atom. The van der Waals surface area contributed by atoms with Crippen molar-refractivity contribution in [2.75, 3.05) is 13.2 Å². The van der Waals surface area contributed by atoms with Gasteiger partial charge in [-0.1, -0.05) is 13.3 Å². The van der Waals surface area contributed by atoms with E-state index in [4.69, 9.17) is 9.47 Å². The Kier molecular flexibility index (Phi) is 6.35. The molecule has 0 unspecified atom stereocenters. The molecule has 12 atom stereocenters. The van der Waals surface area contributed by atoms with Gasteiger partial charge in [0.05, 0.1) is 24.2 Å². The van der Waals surface area contributed by atoms with E-state index in [1.807, 2.05) is 6.92 Å². The van der Waals surface area contributed by atoms with Gasteiger partial charge in [0.15, 0.2) is 0 Å². The first kappa shape index (κ1) is 25.8. The van der Waals surface area contributed by atoms with Gasteiger partial charge in [-0.3, -0.25) is 4.79 Å². The monoisotopic (exact) mass is 498 g/mol. The molecule has 1 spiro atoms. The SMILES string of the molecule is C[C@@]12CCC[C@@](C)(C(=O)O[C@@H]3O[C@H](CO)[C@@H](O)[C@H](O)[C@H]3O)[C@H]1CC[C@@]13C[C@@H](CC[C@H]12)[C@@](O)(CO)C3. The molecule has 35 heavy (non-hydrogen) atoms. The molecule has 200 valence electrons. The van der Waals surface area contributed by atoms with E-state index in [0.29, 0.717) is 18.8 Å². The number of carbonyl (C=O) groups is 1. The summed E-state index contributed by atoms with van der Waals surface area (Å²) in [5, 5.41) is 61.1. The summed E-state index contributed by atoms with van der Waals surface area (Å²) in [5.74, 6) is 0.0529. The van der Waals surface area contributed by atoms with Gasteiger partial charge in [0.1, 0.15) is 24.4 Å². The standard InChI is InChI=1S/C26H42O9/c1-23-7-3-8-24(2,22(32)35-21-20(31)19(30)18(29)15(11-27)34-21)16(23)6-9-25-10-14(4-5-17(23)25)26(33,12-25)13-28/h14-21,27-31,33H,3-13H2,1-2H3/t14-,15-,16+,17+,18-,19+,20-,21+,23-,24-,25+,26+/m1/s1. The molecule has 0 aromatic carbocycles. The van der Waals surface area contributed by atoms with Crippen LogP contribution in [0.2, 0.25) is 0 Å². The summed E-state index contributed by atoms with van der Waals surface area (Å²) in [6.07, 6.45) is 0.327. The van der Waals surface area contributed by atoms with Crippen molar-refractivity contribution in [1.29, 1.82) is 0 Å². The minimum Gasteiger partial charge on any atom is -0.432 e. The molecule has 5 aliphatic rings. The molecule has 6 N–H and O–H groups in total. The fraction of sp³-hybridized carbons (Fsp3) is 0.962. The molecular formula is C26H42O9. The summed E-state index contributed by atoms with van der Waals surface area (Å²) in [6, 6.07) is 0. The van der Waals surface area contributed by atoms with Crippen LogP contribution in [0.4, 0.5) is 0 Å². The van der Waals surface area contributed by atoms with Gasteiger partial charge in [-0.15, -0.1) is 0 Å². The lowest BCUT2D eigenvalue weighted by molar-refractivity contribution is -0.298. The molecule has 0 amide bonds. The third kappa shape index (κ3) is 3.64. The quantitative estimate of drug-likeness (QED) is 0.303. The van der Waals surface area contributed by atoms with Crippen LogP contribution in [-0.4, -0.2) is 86.1 Å². The fourth-order valence-electron chi connectivity index (χ4n) is 9.46. The molecule has 1 aliphatic heterocycles. The summed E-state index contributed by atoms with van der Waals surface area (Å²) in [5.41, 5.74) is -1.94. The van der Waals surface area contributed by atoms with E-state index in [2.05, 4.69) is 6.92 Å². The molecule has 2 bridgehead atoms. The second kappa shape index (κ2) is 8.61. The topological polar surface area (TPSA) is 157 Å². The number of aliphatic hydroxyl groups is 6. The zero-order valence-electron chi connectivity index (χ0n) is 20.8. The normalized spacial score (nSPS) is 55.7. The first-order chi connectivity index (χ1) is 16.4. The number of fused-ring (bicyclic) bond motifs is 3. The van der Waals surface area contributed by atoms with Gasteiger partial charge in [-0.2, -0.15) is 0 Å². The molecule has 9 nitrogen and oxygen atoms in total. The van der Waals surface area contributed by atoms with Gasteiger partial charge in [-0.25, -0.2) is 0 Å². The zero-order valence-corrected chi connectivity index (χ0v) is 20.8. The summed E-state index contributed by atoms with van der Waals surface area (Å²) in [6.45, 7) is 3.44. The van der Waals surface area contributed by atoms with Crippen LogP contribution in [0.5, 0.6) is 0 Å². The van der Waals surface area contributed by atoms with Gasteiger partial charge in [0.25, 0.3) is 0 Å². The van der Waals surface area contributed by atoms with Crippen molar-refractivity contribution in [3.8, 4) is 0 Å². The van der Waals surface area contributed by atoms with E-state index in [9.17, 15) is 35.4 Å². The molecule has 1 saturated heterocycles. The van der Waals surface area contributed by atoms with Crippen molar-refractivity contribution in [3.63, 3.8) is 0 Å². The van der Waals surface area contributed by atoms with Crippen LogP contribution in [0, 0.1) is 34.0 Å². The highest BCUT2D eigenvalue weighted by atomic mass is 16.7. The summed E-state index contributed by atoms with van der Waals surface area (Å²) >= 11 is 0. The Morgan fingerprint density at radius 1 is 0.971 bits per heavy atom. The minimum atomic E-state index is -1.62. The molecule has 5 rings (SSSR count). The van der Waals surface area contributed by atoms with E-state index in [1.54, 1.807) is 0 Å². The molecule has 4 saturated carbocycles. The number of aliphatic hydroxyl groups excluding tert-OH is 5. The van der Waals surface area contributed by atoms with E-state index in [-0.39, 0.29) is 29.3 Å². The van der Waals surface area contributed by atoms with Crippen LogP contribution in [0.3, 0.4) is 0 Å². The molecule has 0 aromatic rings. The largest absolute Gasteiger partial charge is 0.432 e. The highest BCUT2D eigenvalue weighted by molar-refractivity contribution is 5.77. The van der Waals surface area contributed by atoms with Crippen LogP contribution < -0.4 is 0 Å². The van der Waals surface area contributed by atoms with Crippen molar-refractivity contribution >= 4 is 5.97 Å². The van der Waals surface area contributed by atoms with E-state index < -0.39 is 54.3 Å². The molecular weight excluding hydrogens is 456 g/mol. The van der Waals surface area contributed by atoms with Crippen LogP contribution >= 0.6 is 0 Å². The van der Waals surface area contributed by atoms with Crippen LogP contribution in [0.25, 0.3) is 0 Å². The third-order valence-corrected chi connectivity index (χ3v) is 11.1. The Morgan fingerprint density at radius 3 is 2.40 bits per heavy atom. The highest BCUT2D eigenvalue weighted by Gasteiger charge is 2.68. The zero-order chi connectivity index (χ0) is 25.4. The molecule has 0 radical (unpaired) electrons. The summed E-state index contributed by atoms with van der Waals surface area (Å²) < 4.78 is 11.1. The molecule has 4 aliphatic carbocycles. The van der Waals surface area contributed by atoms with E-state index in [0.717, 1.165) is 44.9 Å². The van der Waals surface area contributed by atoms with Gasteiger partial charge >= 0.3 is 5.97 Å². The van der Waals surface area contributed by atoms with Gasteiger partial charge in [-0.05, 0) is 86.9 Å². The predicted octanol–water partition coefficient (Wildman–Crippen LogP) is 0.466. The number of rotatable bonds is 4. The molecule has 9 heteroatoms.